The third-order valence-electron chi connectivity index (χ3n) is 2.81. The van der Waals surface area contributed by atoms with Crippen LogP contribution in [0.2, 0.25) is 14.8 Å². The molecule has 0 aliphatic carbocycles. The molecule has 100 valence electrons. The van der Waals surface area contributed by atoms with E-state index < -0.39 is 18.4 Å². The molecule has 1 amide bonds. The summed E-state index contributed by atoms with van der Waals surface area (Å²) in [5.74, 6) is 0.685. The summed E-state index contributed by atoms with van der Waals surface area (Å²) in [7, 11) is 0. The van der Waals surface area contributed by atoms with E-state index in [9.17, 15) is 4.79 Å². The van der Waals surface area contributed by atoms with E-state index in [2.05, 4.69) is 19.8 Å². The van der Waals surface area contributed by atoms with Gasteiger partial charge in [0.1, 0.15) is 0 Å². The van der Waals surface area contributed by atoms with E-state index in [4.69, 9.17) is 4.74 Å². The Bertz CT molecular complexity index is 412. The molecule has 0 atom stereocenters. The molecule has 0 aliphatic rings. The van der Waals surface area contributed by atoms with Crippen molar-refractivity contribution in [1.82, 2.24) is 9.88 Å². The topological polar surface area (TPSA) is 42.4 Å². The summed E-state index contributed by atoms with van der Waals surface area (Å²) in [6.45, 7) is 5.21. The molecule has 1 rings (SSSR count). The van der Waals surface area contributed by atoms with Crippen LogP contribution in [0.25, 0.3) is 0 Å². The Balaban J connectivity index is 2.95. The summed E-state index contributed by atoms with van der Waals surface area (Å²) >= 11 is -2.30. The van der Waals surface area contributed by atoms with Gasteiger partial charge in [0.2, 0.25) is 0 Å². The van der Waals surface area contributed by atoms with Crippen molar-refractivity contribution in [3.63, 3.8) is 0 Å². The van der Waals surface area contributed by atoms with Crippen molar-refractivity contribution < 1.29 is 9.53 Å². The van der Waals surface area contributed by atoms with Gasteiger partial charge < -0.3 is 0 Å². The number of ether oxygens (including phenoxy) is 1. The summed E-state index contributed by atoms with van der Waals surface area (Å²) in [5.41, 5.74) is 0. The Morgan fingerprint density at radius 1 is 1.33 bits per heavy atom. The maximum absolute atomic E-state index is 12.0. The van der Waals surface area contributed by atoms with Crippen LogP contribution >= 0.6 is 0 Å². The Morgan fingerprint density at radius 3 is 2.44 bits per heavy atom. The van der Waals surface area contributed by atoms with Gasteiger partial charge in [0, 0.05) is 0 Å². The number of hydrogen-bond donors (Lipinski definition) is 0. The fourth-order valence-electron chi connectivity index (χ4n) is 1.67. The second-order valence-electron chi connectivity index (χ2n) is 5.16. The summed E-state index contributed by atoms with van der Waals surface area (Å²) in [4.78, 5) is 24.6. The molecule has 4 nitrogen and oxygen atoms in total. The van der Waals surface area contributed by atoms with Crippen molar-refractivity contribution >= 4 is 28.0 Å². The maximum atomic E-state index is 12.0. The average Bonchev–Trinajstić information content (AvgIpc) is 2.30. The van der Waals surface area contributed by atoms with Gasteiger partial charge in [-0.15, -0.1) is 0 Å². The molecular weight excluding hydrogens is 335 g/mol. The molecular formula is C13H22N2O2Sn. The molecule has 1 aromatic heterocycles. The number of pyridine rings is 1. The predicted molar refractivity (Wildman–Crippen MR) is 76.2 cm³/mol. The number of aromatic nitrogens is 1. The van der Waals surface area contributed by atoms with Gasteiger partial charge in [-0.25, -0.2) is 0 Å². The fourth-order valence-corrected chi connectivity index (χ4v) is 5.49. The molecule has 0 aliphatic heterocycles. The van der Waals surface area contributed by atoms with E-state index in [1.165, 1.54) is 0 Å². The molecule has 0 saturated carbocycles. The first-order chi connectivity index (χ1) is 8.40. The first-order valence-corrected chi connectivity index (χ1v) is 16.3. The summed E-state index contributed by atoms with van der Waals surface area (Å²) in [6, 6.07) is 1.79. The summed E-state index contributed by atoms with van der Waals surface area (Å²) in [5, 5.41) is 0. The van der Waals surface area contributed by atoms with Gasteiger partial charge in [0.25, 0.3) is 0 Å². The molecule has 0 unspecified atom stereocenters. The summed E-state index contributed by atoms with van der Waals surface area (Å²) in [6.07, 6.45) is 3.25. The van der Waals surface area contributed by atoms with E-state index in [1.54, 1.807) is 17.2 Å². The second kappa shape index (κ2) is 6.40. The van der Waals surface area contributed by atoms with Crippen molar-refractivity contribution in [2.45, 2.75) is 28.7 Å². The molecule has 5 heteroatoms. The number of hydrogen-bond acceptors (Lipinski definition) is 3. The molecule has 0 aromatic carbocycles. The van der Waals surface area contributed by atoms with Crippen LogP contribution in [0.15, 0.2) is 18.5 Å². The van der Waals surface area contributed by atoms with Gasteiger partial charge >= 0.3 is 113 Å². The Morgan fingerprint density at radius 2 is 1.94 bits per heavy atom. The van der Waals surface area contributed by atoms with Crippen LogP contribution in [0, 0.1) is 0 Å². The molecule has 18 heavy (non-hydrogen) atoms. The van der Waals surface area contributed by atoms with Crippen LogP contribution in [-0.2, 0) is 0 Å². The van der Waals surface area contributed by atoms with Gasteiger partial charge in [0.15, 0.2) is 0 Å². The molecule has 1 heterocycles. The van der Waals surface area contributed by atoms with Gasteiger partial charge in [-0.05, 0) is 0 Å². The van der Waals surface area contributed by atoms with Crippen LogP contribution in [0.1, 0.15) is 13.8 Å². The second-order valence-corrected chi connectivity index (χ2v) is 19.5. The van der Waals surface area contributed by atoms with Crippen molar-refractivity contribution in [1.29, 1.82) is 0 Å². The molecule has 0 fully saturated rings. The van der Waals surface area contributed by atoms with Crippen LogP contribution in [0.3, 0.4) is 0 Å². The average molecular weight is 357 g/mol. The quantitative estimate of drug-likeness (QED) is 0.778. The number of amides is 1. The van der Waals surface area contributed by atoms with Crippen LogP contribution < -0.4 is 8.32 Å². The zero-order valence-electron chi connectivity index (χ0n) is 11.9. The number of rotatable bonds is 4. The zero-order valence-corrected chi connectivity index (χ0v) is 14.7. The van der Waals surface area contributed by atoms with E-state index >= 15 is 0 Å². The van der Waals surface area contributed by atoms with Crippen LogP contribution in [-0.4, -0.2) is 47.4 Å². The SMILES string of the molecule is CCN(CC)C(=O)Oc1ccnc[c]1[Sn]([CH3])([CH3])[CH3]. The predicted octanol–water partition coefficient (Wildman–Crippen LogP) is 2.47. The molecule has 0 radical (unpaired) electrons. The monoisotopic (exact) mass is 358 g/mol. The molecule has 0 bridgehead atoms. The van der Waals surface area contributed by atoms with Crippen LogP contribution in [0.4, 0.5) is 4.79 Å². The van der Waals surface area contributed by atoms with E-state index in [-0.39, 0.29) is 6.09 Å². The van der Waals surface area contributed by atoms with Crippen molar-refractivity contribution in [2.24, 2.45) is 0 Å². The minimum atomic E-state index is -2.30. The first kappa shape index (κ1) is 15.3. The van der Waals surface area contributed by atoms with Crippen LogP contribution in [0.5, 0.6) is 5.75 Å². The Hall–Kier alpha value is -0.781. The minimum absolute atomic E-state index is 0.275. The van der Waals surface area contributed by atoms with Crippen molar-refractivity contribution in [3.8, 4) is 5.75 Å². The van der Waals surface area contributed by atoms with Gasteiger partial charge in [0.05, 0.1) is 0 Å². The van der Waals surface area contributed by atoms with E-state index in [0.717, 1.165) is 3.58 Å². The Labute approximate surface area is 113 Å². The third kappa shape index (κ3) is 3.86. The van der Waals surface area contributed by atoms with Crippen molar-refractivity contribution in [2.75, 3.05) is 13.1 Å². The normalized spacial score (nSPS) is 11.2. The first-order valence-electron chi connectivity index (χ1n) is 6.31. The Kier molecular flexibility index (Phi) is 5.44. The number of nitrogens with zero attached hydrogens (tertiary/aromatic N) is 2. The zero-order chi connectivity index (χ0) is 13.8. The van der Waals surface area contributed by atoms with Gasteiger partial charge in [-0.3, -0.25) is 0 Å². The van der Waals surface area contributed by atoms with Gasteiger partial charge in [-0.1, -0.05) is 0 Å². The number of carbonyl (C=O) groups excluding carboxylic acids is 1. The standard InChI is InChI=1S/C10H13N2O2.3CH3.Sn/c1-3-12(4-2)10(13)14-9-5-7-11-8-6-9;;;;/h5,7-8H,3-4H2,1-2H3;3*1H3;. The molecule has 0 N–H and O–H groups in total. The molecule has 0 saturated heterocycles. The fraction of sp³-hybridized carbons (Fsp3) is 0.538. The van der Waals surface area contributed by atoms with E-state index in [0.29, 0.717) is 18.8 Å². The molecule has 0 spiro atoms. The summed E-state index contributed by atoms with van der Waals surface area (Å²) < 4.78 is 6.66. The van der Waals surface area contributed by atoms with E-state index in [1.807, 2.05) is 20.0 Å². The molecule has 1 aromatic rings. The third-order valence-corrected chi connectivity index (χ3v) is 8.49. The van der Waals surface area contributed by atoms with Crippen molar-refractivity contribution in [3.05, 3.63) is 18.5 Å². The number of carbonyl (C=O) groups is 1. The van der Waals surface area contributed by atoms with Gasteiger partial charge in [-0.2, -0.15) is 0 Å².